The Hall–Kier alpha value is -2.30. The van der Waals surface area contributed by atoms with E-state index in [1.54, 1.807) is 18.2 Å². The molecule has 1 heterocycles. The van der Waals surface area contributed by atoms with Crippen LogP contribution in [0.3, 0.4) is 0 Å². The number of aromatic nitrogens is 1. The topological polar surface area (TPSA) is 81.2 Å². The number of hydrogen-bond acceptors (Lipinski definition) is 4. The average Bonchev–Trinajstić information content (AvgIpc) is 2.80. The highest BCUT2D eigenvalue weighted by molar-refractivity contribution is 5.91. The Bertz CT molecular complexity index is 594. The van der Waals surface area contributed by atoms with Crippen molar-refractivity contribution in [3.05, 3.63) is 41.7 Å². The van der Waals surface area contributed by atoms with Gasteiger partial charge in [-0.05, 0) is 17.7 Å². The van der Waals surface area contributed by atoms with Gasteiger partial charge in [0.25, 0.3) is 0 Å². The van der Waals surface area contributed by atoms with E-state index < -0.39 is 0 Å². The summed E-state index contributed by atoms with van der Waals surface area (Å²) in [7, 11) is 0. The normalized spacial score (nSPS) is 11.3. The second kappa shape index (κ2) is 5.36. The van der Waals surface area contributed by atoms with Crippen LogP contribution in [0.15, 0.2) is 34.9 Å². The van der Waals surface area contributed by atoms with E-state index in [-0.39, 0.29) is 17.7 Å². The maximum atomic E-state index is 11.9. The van der Waals surface area contributed by atoms with Crippen molar-refractivity contribution in [2.75, 3.05) is 11.1 Å². The summed E-state index contributed by atoms with van der Waals surface area (Å²) < 4.78 is 5.21. The summed E-state index contributed by atoms with van der Waals surface area (Å²) in [4.78, 5) is 11.9. The molecule has 1 aromatic carbocycles. The number of hydrogen-bond donors (Lipinski definition) is 2. The molecule has 5 heteroatoms. The second-order valence-electron chi connectivity index (χ2n) is 5.79. The van der Waals surface area contributed by atoms with E-state index >= 15 is 0 Å². The average molecular weight is 273 g/mol. The van der Waals surface area contributed by atoms with Crippen molar-refractivity contribution < 1.29 is 9.32 Å². The SMILES string of the molecule is CC(C)(C)c1cc(NC(=O)Cc2ccc(N)cc2)no1. The first kappa shape index (κ1) is 14.1. The molecule has 0 aliphatic carbocycles. The van der Waals surface area contributed by atoms with E-state index in [4.69, 9.17) is 10.3 Å². The third-order valence-corrected chi connectivity index (χ3v) is 2.86. The van der Waals surface area contributed by atoms with E-state index in [9.17, 15) is 4.79 Å². The number of benzene rings is 1. The molecule has 106 valence electrons. The monoisotopic (exact) mass is 273 g/mol. The fraction of sp³-hybridized carbons (Fsp3) is 0.333. The molecule has 0 radical (unpaired) electrons. The summed E-state index contributed by atoms with van der Waals surface area (Å²) in [5, 5.41) is 6.57. The van der Waals surface area contributed by atoms with Crippen LogP contribution in [0.4, 0.5) is 11.5 Å². The van der Waals surface area contributed by atoms with Gasteiger partial charge in [0.1, 0.15) is 5.76 Å². The zero-order valence-electron chi connectivity index (χ0n) is 11.9. The van der Waals surface area contributed by atoms with Gasteiger partial charge in [0.2, 0.25) is 5.91 Å². The number of carbonyl (C=O) groups excluding carboxylic acids is 1. The van der Waals surface area contributed by atoms with Crippen molar-refractivity contribution in [3.63, 3.8) is 0 Å². The Balaban J connectivity index is 1.98. The molecule has 2 aromatic rings. The van der Waals surface area contributed by atoms with Crippen molar-refractivity contribution in [3.8, 4) is 0 Å². The van der Waals surface area contributed by atoms with Crippen LogP contribution in [0.25, 0.3) is 0 Å². The lowest BCUT2D eigenvalue weighted by atomic mass is 9.93. The van der Waals surface area contributed by atoms with Gasteiger partial charge in [0.05, 0.1) is 6.42 Å². The highest BCUT2D eigenvalue weighted by Gasteiger charge is 2.20. The third kappa shape index (κ3) is 3.60. The van der Waals surface area contributed by atoms with Crippen molar-refractivity contribution in [2.45, 2.75) is 32.6 Å². The van der Waals surface area contributed by atoms with Gasteiger partial charge in [-0.25, -0.2) is 0 Å². The number of nitrogens with one attached hydrogen (secondary N) is 1. The van der Waals surface area contributed by atoms with E-state index in [2.05, 4.69) is 10.5 Å². The van der Waals surface area contributed by atoms with Crippen LogP contribution in [-0.4, -0.2) is 11.1 Å². The van der Waals surface area contributed by atoms with Gasteiger partial charge in [-0.3, -0.25) is 4.79 Å². The summed E-state index contributed by atoms with van der Waals surface area (Å²) >= 11 is 0. The van der Waals surface area contributed by atoms with Gasteiger partial charge in [-0.1, -0.05) is 38.1 Å². The predicted molar refractivity (Wildman–Crippen MR) is 78.4 cm³/mol. The molecule has 0 saturated heterocycles. The molecule has 0 spiro atoms. The summed E-state index contributed by atoms with van der Waals surface area (Å²) in [5.74, 6) is 1.04. The number of carbonyl (C=O) groups is 1. The van der Waals surface area contributed by atoms with E-state index in [1.807, 2.05) is 32.9 Å². The van der Waals surface area contributed by atoms with Crippen LogP contribution >= 0.6 is 0 Å². The van der Waals surface area contributed by atoms with Crippen molar-refractivity contribution in [1.29, 1.82) is 0 Å². The van der Waals surface area contributed by atoms with Crippen molar-refractivity contribution in [2.24, 2.45) is 0 Å². The lowest BCUT2D eigenvalue weighted by molar-refractivity contribution is -0.115. The molecule has 0 fully saturated rings. The zero-order chi connectivity index (χ0) is 14.8. The minimum atomic E-state index is -0.136. The van der Waals surface area contributed by atoms with Gasteiger partial charge >= 0.3 is 0 Å². The third-order valence-electron chi connectivity index (χ3n) is 2.86. The minimum absolute atomic E-state index is 0.132. The molecule has 2 rings (SSSR count). The number of rotatable bonds is 3. The summed E-state index contributed by atoms with van der Waals surface area (Å²) in [6.07, 6.45) is 0.276. The van der Waals surface area contributed by atoms with E-state index in [0.29, 0.717) is 11.5 Å². The van der Waals surface area contributed by atoms with Gasteiger partial charge < -0.3 is 15.6 Å². The van der Waals surface area contributed by atoms with Crippen LogP contribution in [0.5, 0.6) is 0 Å². The number of amides is 1. The fourth-order valence-corrected chi connectivity index (χ4v) is 1.70. The lowest BCUT2D eigenvalue weighted by Crippen LogP contribution is -2.14. The van der Waals surface area contributed by atoms with E-state index in [1.165, 1.54) is 0 Å². The molecular weight excluding hydrogens is 254 g/mol. The van der Waals surface area contributed by atoms with Crippen molar-refractivity contribution in [1.82, 2.24) is 5.16 Å². The second-order valence-corrected chi connectivity index (χ2v) is 5.79. The molecular formula is C15H19N3O2. The molecule has 5 nitrogen and oxygen atoms in total. The van der Waals surface area contributed by atoms with Gasteiger partial charge in [0.15, 0.2) is 5.82 Å². The standard InChI is InChI=1S/C15H19N3O2/c1-15(2,3)12-9-13(18-20-12)17-14(19)8-10-4-6-11(16)7-5-10/h4-7,9H,8,16H2,1-3H3,(H,17,18,19). The Kier molecular flexibility index (Phi) is 3.79. The van der Waals surface area contributed by atoms with E-state index in [0.717, 1.165) is 11.3 Å². The molecule has 0 aliphatic heterocycles. The molecule has 0 atom stereocenters. The van der Waals surface area contributed by atoms with Crippen LogP contribution in [0, 0.1) is 0 Å². The summed E-state index contributed by atoms with van der Waals surface area (Å²) in [6, 6.07) is 8.96. The number of nitrogens with two attached hydrogens (primary N) is 1. The molecule has 0 aliphatic rings. The van der Waals surface area contributed by atoms with Gasteiger partial charge in [-0.15, -0.1) is 0 Å². The van der Waals surface area contributed by atoms with Crippen molar-refractivity contribution >= 4 is 17.4 Å². The van der Waals surface area contributed by atoms with Crippen LogP contribution in [0.1, 0.15) is 32.1 Å². The molecule has 3 N–H and O–H groups in total. The molecule has 0 bridgehead atoms. The Morgan fingerprint density at radius 3 is 2.50 bits per heavy atom. The molecule has 20 heavy (non-hydrogen) atoms. The first-order chi connectivity index (χ1) is 9.34. The first-order valence-electron chi connectivity index (χ1n) is 6.46. The highest BCUT2D eigenvalue weighted by Crippen LogP contribution is 2.24. The Morgan fingerprint density at radius 2 is 1.95 bits per heavy atom. The highest BCUT2D eigenvalue weighted by atomic mass is 16.5. The smallest absolute Gasteiger partial charge is 0.230 e. The number of anilines is 2. The summed E-state index contributed by atoms with van der Waals surface area (Å²) in [5.41, 5.74) is 7.05. The molecule has 1 amide bonds. The number of nitrogens with zero attached hydrogens (tertiary/aromatic N) is 1. The number of nitrogen functional groups attached to an aromatic ring is 1. The predicted octanol–water partition coefficient (Wildman–Crippen LogP) is 2.74. The maximum Gasteiger partial charge on any atom is 0.230 e. The quantitative estimate of drug-likeness (QED) is 0.842. The molecule has 0 saturated carbocycles. The van der Waals surface area contributed by atoms with Gasteiger partial charge in [-0.2, -0.15) is 0 Å². The minimum Gasteiger partial charge on any atom is -0.399 e. The maximum absolute atomic E-state index is 11.9. The molecule has 1 aromatic heterocycles. The van der Waals surface area contributed by atoms with Gasteiger partial charge in [0, 0.05) is 17.2 Å². The largest absolute Gasteiger partial charge is 0.399 e. The zero-order valence-corrected chi connectivity index (χ0v) is 11.9. The van der Waals surface area contributed by atoms with Crippen LogP contribution < -0.4 is 11.1 Å². The first-order valence-corrected chi connectivity index (χ1v) is 6.46. The Morgan fingerprint density at radius 1 is 1.30 bits per heavy atom. The van der Waals surface area contributed by atoms with Crippen LogP contribution in [-0.2, 0) is 16.6 Å². The molecule has 0 unspecified atom stereocenters. The fourth-order valence-electron chi connectivity index (χ4n) is 1.70. The van der Waals surface area contributed by atoms with Crippen LogP contribution in [0.2, 0.25) is 0 Å². The Labute approximate surface area is 118 Å². The lowest BCUT2D eigenvalue weighted by Gasteiger charge is -2.12. The summed E-state index contributed by atoms with van der Waals surface area (Å²) in [6.45, 7) is 6.06.